The van der Waals surface area contributed by atoms with E-state index in [0.29, 0.717) is 11.8 Å². The molecule has 1 aromatic heterocycles. The third kappa shape index (κ3) is 3.86. The van der Waals surface area contributed by atoms with Gasteiger partial charge in [-0.25, -0.2) is 4.98 Å². The number of rotatable bonds is 6. The molecule has 0 bridgehead atoms. The van der Waals surface area contributed by atoms with Gasteiger partial charge in [-0.15, -0.1) is 0 Å². The van der Waals surface area contributed by atoms with Gasteiger partial charge in [0.2, 0.25) is 0 Å². The highest BCUT2D eigenvalue weighted by molar-refractivity contribution is 5.52. The van der Waals surface area contributed by atoms with E-state index in [1.54, 1.807) is 0 Å². The highest BCUT2D eigenvalue weighted by Crippen LogP contribution is 2.50. The van der Waals surface area contributed by atoms with Crippen LogP contribution < -0.4 is 5.73 Å². The Morgan fingerprint density at radius 3 is 1.68 bits per heavy atom. The number of hydrogen-bond acceptors (Lipinski definition) is 2. The van der Waals surface area contributed by atoms with E-state index in [1.165, 1.54) is 33.6 Å². The summed E-state index contributed by atoms with van der Waals surface area (Å²) in [6.07, 6.45) is 2.21. The number of aryl methyl sites for hydroxylation is 1. The molecule has 3 nitrogen and oxygen atoms in total. The molecule has 3 heteroatoms. The lowest BCUT2D eigenvalue weighted by atomic mass is 9.69. The highest BCUT2D eigenvalue weighted by Gasteiger charge is 2.43. The third-order valence-electron chi connectivity index (χ3n) is 8.13. The number of anilines is 1. The lowest BCUT2D eigenvalue weighted by Crippen LogP contribution is -2.39. The lowest BCUT2D eigenvalue weighted by molar-refractivity contribution is 0.343. The van der Waals surface area contributed by atoms with Crippen molar-refractivity contribution in [1.29, 1.82) is 0 Å². The molecule has 0 radical (unpaired) electrons. The van der Waals surface area contributed by atoms with Crippen molar-refractivity contribution < 1.29 is 0 Å². The quantitative estimate of drug-likeness (QED) is 0.200. The van der Waals surface area contributed by atoms with Gasteiger partial charge >= 0.3 is 0 Å². The van der Waals surface area contributed by atoms with Gasteiger partial charge in [-0.3, -0.25) is 0 Å². The summed E-state index contributed by atoms with van der Waals surface area (Å²) in [5.74, 6) is 2.03. The molecule has 1 saturated carbocycles. The molecule has 0 aliphatic heterocycles. The first-order chi connectivity index (χ1) is 18.1. The van der Waals surface area contributed by atoms with Crippen molar-refractivity contribution in [3.05, 3.63) is 155 Å². The average molecular weight is 484 g/mol. The Balaban J connectivity index is 1.51. The molecule has 4 aromatic carbocycles. The summed E-state index contributed by atoms with van der Waals surface area (Å²) in [4.78, 5) is 5.26. The number of imidazole rings is 1. The third-order valence-corrected chi connectivity index (χ3v) is 8.13. The largest absolute Gasteiger partial charge is 0.399 e. The fourth-order valence-electron chi connectivity index (χ4n) is 6.40. The first-order valence-corrected chi connectivity index (χ1v) is 13.2. The maximum Gasteiger partial charge on any atom is 0.122 e. The molecular formula is C34H33N3. The smallest absolute Gasteiger partial charge is 0.122 e. The predicted octanol–water partition coefficient (Wildman–Crippen LogP) is 7.58. The summed E-state index contributed by atoms with van der Waals surface area (Å²) in [7, 11) is 0. The molecule has 1 aliphatic carbocycles. The molecular weight excluding hydrogens is 450 g/mol. The van der Waals surface area contributed by atoms with Crippen LogP contribution in [0.15, 0.2) is 115 Å². The van der Waals surface area contributed by atoms with Gasteiger partial charge in [0.1, 0.15) is 11.4 Å². The van der Waals surface area contributed by atoms with Crippen molar-refractivity contribution in [2.75, 3.05) is 5.73 Å². The molecule has 2 N–H and O–H groups in total. The second kappa shape index (κ2) is 9.40. The van der Waals surface area contributed by atoms with Gasteiger partial charge in [0.15, 0.2) is 0 Å². The van der Waals surface area contributed by atoms with Crippen LogP contribution >= 0.6 is 0 Å². The Labute approximate surface area is 219 Å². The minimum Gasteiger partial charge on any atom is -0.399 e. The van der Waals surface area contributed by atoms with Crippen LogP contribution in [-0.4, -0.2) is 9.55 Å². The van der Waals surface area contributed by atoms with Gasteiger partial charge < -0.3 is 10.3 Å². The average Bonchev–Trinajstić information content (AvgIpc) is 3.20. The summed E-state index contributed by atoms with van der Waals surface area (Å²) in [5, 5.41) is 0. The number of nitrogens with two attached hydrogens (primary N) is 1. The Morgan fingerprint density at radius 1 is 0.676 bits per heavy atom. The molecule has 0 saturated heterocycles. The molecule has 0 spiro atoms. The number of benzene rings is 4. The van der Waals surface area contributed by atoms with Crippen LogP contribution in [0.25, 0.3) is 0 Å². The molecule has 1 fully saturated rings. The molecule has 6 rings (SSSR count). The van der Waals surface area contributed by atoms with Crippen LogP contribution in [0.1, 0.15) is 64.1 Å². The Bertz CT molecular complexity index is 1400. The zero-order valence-electron chi connectivity index (χ0n) is 21.5. The van der Waals surface area contributed by atoms with E-state index in [2.05, 4.69) is 128 Å². The van der Waals surface area contributed by atoms with Gasteiger partial charge in [0.25, 0.3) is 0 Å². The first-order valence-electron chi connectivity index (χ1n) is 13.2. The predicted molar refractivity (Wildman–Crippen MR) is 152 cm³/mol. The molecule has 184 valence electrons. The second-order valence-electron chi connectivity index (χ2n) is 10.3. The highest BCUT2D eigenvalue weighted by atomic mass is 15.2. The lowest BCUT2D eigenvalue weighted by Gasteiger charge is -2.40. The number of nitrogens with zero attached hydrogens (tertiary/aromatic N) is 2. The molecule has 0 atom stereocenters. The van der Waals surface area contributed by atoms with Crippen molar-refractivity contribution in [3.8, 4) is 0 Å². The van der Waals surface area contributed by atoms with Crippen molar-refractivity contribution in [2.45, 2.75) is 44.1 Å². The van der Waals surface area contributed by atoms with E-state index in [0.717, 1.165) is 24.4 Å². The fourth-order valence-corrected chi connectivity index (χ4v) is 6.40. The second-order valence-corrected chi connectivity index (χ2v) is 10.3. The zero-order chi connectivity index (χ0) is 25.4. The standard InChI is InChI=1S/C34H33N3/c1-24-33(28-21-27(22-28)26-13-12-20-32(35)23-26)36-25(2)37(24)34(29-14-6-3-7-15-29,30-16-8-4-9-17-30)31-18-10-5-11-19-31/h3-20,23,27-28H,21-22,35H2,1-2H3. The molecule has 1 aliphatic rings. The normalized spacial score (nSPS) is 17.4. The summed E-state index contributed by atoms with van der Waals surface area (Å²) < 4.78 is 2.48. The van der Waals surface area contributed by atoms with Crippen molar-refractivity contribution in [3.63, 3.8) is 0 Å². The minimum absolute atomic E-state index is 0.450. The maximum absolute atomic E-state index is 6.07. The fraction of sp³-hybridized carbons (Fsp3) is 0.206. The van der Waals surface area contributed by atoms with E-state index >= 15 is 0 Å². The maximum atomic E-state index is 6.07. The van der Waals surface area contributed by atoms with Gasteiger partial charge in [0, 0.05) is 17.3 Å². The van der Waals surface area contributed by atoms with E-state index in [9.17, 15) is 0 Å². The number of hydrogen-bond donors (Lipinski definition) is 1. The van der Waals surface area contributed by atoms with Crippen LogP contribution in [0, 0.1) is 13.8 Å². The van der Waals surface area contributed by atoms with Crippen molar-refractivity contribution in [2.24, 2.45) is 0 Å². The topological polar surface area (TPSA) is 43.8 Å². The molecule has 1 heterocycles. The molecule has 37 heavy (non-hydrogen) atoms. The molecule has 0 unspecified atom stereocenters. The summed E-state index contributed by atoms with van der Waals surface area (Å²) in [5.41, 5.74) is 13.9. The van der Waals surface area contributed by atoms with Crippen LogP contribution in [0.5, 0.6) is 0 Å². The number of nitrogen functional groups attached to an aromatic ring is 1. The van der Waals surface area contributed by atoms with Crippen LogP contribution in [-0.2, 0) is 5.54 Å². The SMILES string of the molecule is Cc1nc(C2CC(c3cccc(N)c3)C2)c(C)n1C(c1ccccc1)(c1ccccc1)c1ccccc1. The van der Waals surface area contributed by atoms with Gasteiger partial charge in [-0.1, -0.05) is 103 Å². The monoisotopic (exact) mass is 483 g/mol. The zero-order valence-corrected chi connectivity index (χ0v) is 21.5. The van der Waals surface area contributed by atoms with Crippen molar-refractivity contribution >= 4 is 5.69 Å². The van der Waals surface area contributed by atoms with Gasteiger partial charge in [-0.05, 0) is 67.0 Å². The van der Waals surface area contributed by atoms with E-state index in [1.807, 2.05) is 6.07 Å². The van der Waals surface area contributed by atoms with Crippen LogP contribution in [0.2, 0.25) is 0 Å². The molecule has 5 aromatic rings. The van der Waals surface area contributed by atoms with E-state index < -0.39 is 5.54 Å². The van der Waals surface area contributed by atoms with Crippen LogP contribution in [0.3, 0.4) is 0 Å². The summed E-state index contributed by atoms with van der Waals surface area (Å²) in [6.45, 7) is 4.42. The Hall–Kier alpha value is -4.11. The van der Waals surface area contributed by atoms with E-state index in [4.69, 9.17) is 10.7 Å². The summed E-state index contributed by atoms with van der Waals surface area (Å²) in [6, 6.07) is 41.0. The first kappa shape index (κ1) is 23.3. The number of aromatic nitrogens is 2. The Kier molecular flexibility index (Phi) is 5.92. The van der Waals surface area contributed by atoms with E-state index in [-0.39, 0.29) is 0 Å². The van der Waals surface area contributed by atoms with Crippen LogP contribution in [0.4, 0.5) is 5.69 Å². The summed E-state index contributed by atoms with van der Waals surface area (Å²) >= 11 is 0. The Morgan fingerprint density at radius 2 is 1.19 bits per heavy atom. The van der Waals surface area contributed by atoms with Gasteiger partial charge in [-0.2, -0.15) is 0 Å². The minimum atomic E-state index is -0.528. The molecule has 0 amide bonds. The van der Waals surface area contributed by atoms with Gasteiger partial charge in [0.05, 0.1) is 5.69 Å². The van der Waals surface area contributed by atoms with Crippen molar-refractivity contribution in [1.82, 2.24) is 9.55 Å².